The van der Waals surface area contributed by atoms with Crippen LogP contribution in [0.1, 0.15) is 6.23 Å². The summed E-state index contributed by atoms with van der Waals surface area (Å²) in [7, 11) is 1.03. The van der Waals surface area contributed by atoms with Crippen LogP contribution in [0, 0.1) is 0 Å². The highest BCUT2D eigenvalue weighted by atomic mass is 16.7. The van der Waals surface area contributed by atoms with Gasteiger partial charge in [-0.25, -0.2) is 4.98 Å². The number of azide groups is 1. The molecule has 0 saturated carbocycles. The van der Waals surface area contributed by atoms with Gasteiger partial charge in [0.25, 0.3) is 11.3 Å². The molecule has 0 aromatic carbocycles. The average Bonchev–Trinajstić information content (AvgIpc) is 3.07. The largest absolute Gasteiger partial charge is 0.394 e. The molecular weight excluding hydrogens is 340 g/mol. The van der Waals surface area contributed by atoms with Crippen LogP contribution >= 0.6 is 0 Å². The molecule has 1 aliphatic rings. The highest BCUT2D eigenvalue weighted by Gasteiger charge is 2.68. The van der Waals surface area contributed by atoms with Crippen molar-refractivity contribution in [2.24, 2.45) is 5.11 Å². The van der Waals surface area contributed by atoms with Gasteiger partial charge in [-0.1, -0.05) is 5.11 Å². The van der Waals surface area contributed by atoms with Crippen molar-refractivity contribution in [1.82, 2.24) is 19.5 Å². The Kier molecular flexibility index (Phi) is 3.87. The summed E-state index contributed by atoms with van der Waals surface area (Å²) < 4.78 is 11.4. The number of H-pyrrole nitrogens is 1. The van der Waals surface area contributed by atoms with Gasteiger partial charge in [0.15, 0.2) is 17.4 Å². The molecule has 14 nitrogen and oxygen atoms in total. The van der Waals surface area contributed by atoms with Crippen LogP contribution in [-0.4, -0.2) is 66.2 Å². The number of anilines is 1. The molecule has 1 saturated heterocycles. The van der Waals surface area contributed by atoms with Crippen LogP contribution in [0.25, 0.3) is 21.6 Å². The number of nitrogens with zero attached hydrogens (tertiary/aromatic N) is 6. The van der Waals surface area contributed by atoms with Crippen LogP contribution < -0.4 is 11.3 Å². The lowest BCUT2D eigenvalue weighted by Crippen LogP contribution is -2.58. The fourth-order valence-electron chi connectivity index (χ4n) is 2.75. The number of hydrogen-bond donors (Lipinski definition) is 5. The summed E-state index contributed by atoms with van der Waals surface area (Å²) in [5, 5.41) is 34.0. The van der Waals surface area contributed by atoms with Gasteiger partial charge in [-0.2, -0.15) is 4.98 Å². The van der Waals surface area contributed by atoms with Crippen molar-refractivity contribution >= 4 is 17.1 Å². The Bertz CT molecular complexity index is 921. The van der Waals surface area contributed by atoms with E-state index in [1.165, 1.54) is 0 Å². The topological polar surface area (TPSA) is 217 Å². The van der Waals surface area contributed by atoms with Gasteiger partial charge < -0.3 is 30.5 Å². The molecule has 1 fully saturated rings. The zero-order valence-corrected chi connectivity index (χ0v) is 12.8. The van der Waals surface area contributed by atoms with Gasteiger partial charge in [-0.3, -0.25) is 14.3 Å². The predicted octanol–water partition coefficient (Wildman–Crippen LogP) is -2.07. The Labute approximate surface area is 138 Å². The highest BCUT2D eigenvalue weighted by Crippen LogP contribution is 2.47. The van der Waals surface area contributed by atoms with E-state index in [4.69, 9.17) is 20.7 Å². The number of ether oxygens (including phenoxy) is 2. The van der Waals surface area contributed by atoms with Gasteiger partial charge in [-0.05, 0) is 5.53 Å². The van der Waals surface area contributed by atoms with Crippen molar-refractivity contribution in [2.75, 3.05) is 19.5 Å². The van der Waals surface area contributed by atoms with Crippen LogP contribution in [-0.2, 0) is 9.47 Å². The third-order valence-corrected chi connectivity index (χ3v) is 3.98. The standard InChI is InChI=1S/C11H14N8O6/c1-24-11(23)8(25-4(2-20)10(11,22)17-18-13)19-3-14-5-6(19)15-9(12)16-7(5)21/h3-4,8,20,22-23H,2H2,1H3,(H3,12,15,16,21)/t4-,8-,10-,11-/m1/s1. The predicted molar refractivity (Wildman–Crippen MR) is 79.6 cm³/mol. The normalized spacial score (nSPS) is 32.0. The molecule has 0 aliphatic carbocycles. The van der Waals surface area contributed by atoms with Gasteiger partial charge in [-0.15, -0.1) is 0 Å². The molecule has 25 heavy (non-hydrogen) atoms. The maximum Gasteiger partial charge on any atom is 0.280 e. The SMILES string of the molecule is CO[C@]1(O)[C@H](n2cnc3c(=O)[nH]c(N)nc32)O[C@H](CO)[C@]1(O)N=[N+]=[N-]. The quantitative estimate of drug-likeness (QED) is 0.176. The summed E-state index contributed by atoms with van der Waals surface area (Å²) in [6, 6.07) is 0. The molecule has 3 rings (SSSR count). The van der Waals surface area contributed by atoms with Crippen LogP contribution in [0.5, 0.6) is 0 Å². The van der Waals surface area contributed by atoms with E-state index in [2.05, 4.69) is 25.0 Å². The zero-order chi connectivity index (χ0) is 18.4. The Morgan fingerprint density at radius 1 is 1.64 bits per heavy atom. The smallest absolute Gasteiger partial charge is 0.280 e. The number of methoxy groups -OCH3 is 1. The van der Waals surface area contributed by atoms with E-state index in [0.29, 0.717) is 0 Å². The highest BCUT2D eigenvalue weighted by molar-refractivity contribution is 5.70. The Morgan fingerprint density at radius 3 is 2.96 bits per heavy atom. The van der Waals surface area contributed by atoms with Crippen molar-refractivity contribution < 1.29 is 24.8 Å². The van der Waals surface area contributed by atoms with Crippen LogP contribution in [0.4, 0.5) is 5.95 Å². The lowest BCUT2D eigenvalue weighted by atomic mass is 9.99. The van der Waals surface area contributed by atoms with Gasteiger partial charge in [0.1, 0.15) is 6.10 Å². The summed E-state index contributed by atoms with van der Waals surface area (Å²) in [5.74, 6) is -2.85. The molecule has 6 N–H and O–H groups in total. The van der Waals surface area contributed by atoms with Crippen molar-refractivity contribution in [2.45, 2.75) is 23.8 Å². The molecule has 2 aromatic heterocycles. The van der Waals surface area contributed by atoms with Gasteiger partial charge >= 0.3 is 0 Å². The van der Waals surface area contributed by atoms with E-state index < -0.39 is 36.0 Å². The lowest BCUT2D eigenvalue weighted by molar-refractivity contribution is -0.295. The van der Waals surface area contributed by atoms with Crippen molar-refractivity contribution in [3.8, 4) is 0 Å². The summed E-state index contributed by atoms with van der Waals surface area (Å²) in [6.07, 6.45) is -2.00. The second-order valence-electron chi connectivity index (χ2n) is 5.25. The lowest BCUT2D eigenvalue weighted by Gasteiger charge is -2.35. The molecule has 0 spiro atoms. The van der Waals surface area contributed by atoms with E-state index in [1.54, 1.807) is 0 Å². The van der Waals surface area contributed by atoms with Crippen molar-refractivity contribution in [3.05, 3.63) is 27.1 Å². The number of aliphatic hydroxyl groups is 3. The Balaban J connectivity index is 2.24. The summed E-state index contributed by atoms with van der Waals surface area (Å²) in [5.41, 5.74) is 10.7. The minimum atomic E-state index is -2.67. The van der Waals surface area contributed by atoms with Crippen LogP contribution in [0.3, 0.4) is 0 Å². The van der Waals surface area contributed by atoms with E-state index in [0.717, 1.165) is 18.0 Å². The van der Waals surface area contributed by atoms with Crippen LogP contribution in [0.15, 0.2) is 16.2 Å². The first-order valence-electron chi connectivity index (χ1n) is 6.87. The fraction of sp³-hybridized carbons (Fsp3) is 0.545. The van der Waals surface area contributed by atoms with Crippen molar-refractivity contribution in [1.29, 1.82) is 0 Å². The zero-order valence-electron chi connectivity index (χ0n) is 12.8. The number of aromatic amines is 1. The Hall–Kier alpha value is -2.74. The summed E-state index contributed by atoms with van der Waals surface area (Å²) in [4.78, 5) is 24.4. The van der Waals surface area contributed by atoms with E-state index in [9.17, 15) is 20.1 Å². The average molecular weight is 354 g/mol. The molecular formula is C11H14N8O6. The number of rotatable bonds is 4. The molecule has 4 atom stereocenters. The second kappa shape index (κ2) is 5.66. The minimum Gasteiger partial charge on any atom is -0.394 e. The third-order valence-electron chi connectivity index (χ3n) is 3.98. The molecule has 0 unspecified atom stereocenters. The van der Waals surface area contributed by atoms with E-state index in [1.807, 2.05) is 0 Å². The van der Waals surface area contributed by atoms with Gasteiger partial charge in [0.2, 0.25) is 11.7 Å². The minimum absolute atomic E-state index is 0.0800. The molecule has 1 aliphatic heterocycles. The molecule has 0 bridgehead atoms. The van der Waals surface area contributed by atoms with Gasteiger partial charge in [0.05, 0.1) is 12.9 Å². The number of nitrogens with one attached hydrogen (secondary N) is 1. The second-order valence-corrected chi connectivity index (χ2v) is 5.25. The first-order valence-corrected chi connectivity index (χ1v) is 6.87. The first-order chi connectivity index (χ1) is 11.8. The number of nitrogen functional groups attached to an aromatic ring is 1. The maximum absolute atomic E-state index is 11.9. The number of imidazole rings is 1. The molecule has 134 valence electrons. The number of aromatic nitrogens is 4. The van der Waals surface area contributed by atoms with E-state index >= 15 is 0 Å². The summed E-state index contributed by atoms with van der Waals surface area (Å²) >= 11 is 0. The monoisotopic (exact) mass is 354 g/mol. The Morgan fingerprint density at radius 2 is 2.36 bits per heavy atom. The summed E-state index contributed by atoms with van der Waals surface area (Å²) in [6.45, 7) is -0.805. The number of aliphatic hydroxyl groups excluding tert-OH is 1. The number of fused-ring (bicyclic) bond motifs is 1. The molecule has 0 amide bonds. The van der Waals surface area contributed by atoms with Crippen molar-refractivity contribution in [3.63, 3.8) is 0 Å². The molecule has 0 radical (unpaired) electrons. The third kappa shape index (κ3) is 2.17. The molecule has 2 aromatic rings. The number of hydrogen-bond acceptors (Lipinski definition) is 10. The van der Waals surface area contributed by atoms with Gasteiger partial charge in [0, 0.05) is 12.0 Å². The first kappa shape index (κ1) is 17.1. The van der Waals surface area contributed by atoms with Crippen LogP contribution in [0.2, 0.25) is 0 Å². The molecule has 14 heteroatoms. The maximum atomic E-state index is 11.9. The number of nitrogens with two attached hydrogens (primary N) is 1. The molecule has 3 heterocycles. The van der Waals surface area contributed by atoms with E-state index in [-0.39, 0.29) is 17.1 Å². The fourth-order valence-corrected chi connectivity index (χ4v) is 2.75.